The molecule has 0 fully saturated rings. The Balaban J connectivity index is 1.37. The molecule has 0 bridgehead atoms. The fourth-order valence-corrected chi connectivity index (χ4v) is 4.23. The molecule has 0 aliphatic heterocycles. The highest BCUT2D eigenvalue weighted by molar-refractivity contribution is 6.31. The van der Waals surface area contributed by atoms with Crippen LogP contribution in [0.1, 0.15) is 41.0 Å². The van der Waals surface area contributed by atoms with Crippen LogP contribution in [0.15, 0.2) is 77.3 Å². The summed E-state index contributed by atoms with van der Waals surface area (Å²) in [4.78, 5) is 24.1. The summed E-state index contributed by atoms with van der Waals surface area (Å²) in [6, 6.07) is 22.3. The number of hydrogen-bond acceptors (Lipinski definition) is 7. The highest BCUT2D eigenvalue weighted by Crippen LogP contribution is 2.29. The van der Waals surface area contributed by atoms with Gasteiger partial charge in [-0.1, -0.05) is 71.4 Å². The van der Waals surface area contributed by atoms with Crippen molar-refractivity contribution >= 4 is 23.5 Å². The van der Waals surface area contributed by atoms with Crippen LogP contribution in [-0.2, 0) is 38.5 Å². The molecular weight excluding hydrogens is 506 g/mol. The van der Waals surface area contributed by atoms with Crippen LogP contribution in [0.4, 0.5) is 0 Å². The molecule has 1 aromatic heterocycles. The molecule has 7 nitrogen and oxygen atoms in total. The van der Waals surface area contributed by atoms with E-state index in [0.29, 0.717) is 34.4 Å². The number of carbonyl (C=O) groups excluding carboxylic acids is 2. The first-order valence-corrected chi connectivity index (χ1v) is 12.5. The Morgan fingerprint density at radius 3 is 2.29 bits per heavy atom. The minimum absolute atomic E-state index is 0.0241. The van der Waals surface area contributed by atoms with Crippen molar-refractivity contribution in [3.63, 3.8) is 0 Å². The summed E-state index contributed by atoms with van der Waals surface area (Å²) in [5.74, 6) is 0.541. The van der Waals surface area contributed by atoms with Gasteiger partial charge >= 0.3 is 11.9 Å². The predicted molar refractivity (Wildman–Crippen MR) is 143 cm³/mol. The Kier molecular flexibility index (Phi) is 8.81. The van der Waals surface area contributed by atoms with Crippen molar-refractivity contribution in [1.82, 2.24) is 5.16 Å². The fraction of sp³-hybridized carbons (Fsp3) is 0.233. The zero-order valence-corrected chi connectivity index (χ0v) is 22.2. The van der Waals surface area contributed by atoms with Crippen LogP contribution in [0.5, 0.6) is 5.75 Å². The summed E-state index contributed by atoms with van der Waals surface area (Å²) in [6.45, 7) is 3.95. The van der Waals surface area contributed by atoms with E-state index in [1.54, 1.807) is 19.9 Å². The lowest BCUT2D eigenvalue weighted by Crippen LogP contribution is -2.12. The number of rotatable bonds is 10. The molecule has 4 rings (SSSR count). The molecule has 0 radical (unpaired) electrons. The van der Waals surface area contributed by atoms with Gasteiger partial charge in [-0.2, -0.15) is 0 Å². The number of benzene rings is 3. The van der Waals surface area contributed by atoms with E-state index in [2.05, 4.69) is 9.89 Å². The summed E-state index contributed by atoms with van der Waals surface area (Å²) in [7, 11) is 1.37. The lowest BCUT2D eigenvalue weighted by Gasteiger charge is -2.15. The number of aryl methyl sites for hydroxylation is 1. The van der Waals surface area contributed by atoms with Crippen LogP contribution in [0.2, 0.25) is 5.02 Å². The molecule has 0 aliphatic rings. The maximum absolute atomic E-state index is 12.7. The smallest absolute Gasteiger partial charge is 0.311 e. The van der Waals surface area contributed by atoms with Gasteiger partial charge in [0.2, 0.25) is 0 Å². The molecule has 0 aliphatic carbocycles. The first-order valence-electron chi connectivity index (χ1n) is 12.1. The summed E-state index contributed by atoms with van der Waals surface area (Å²) in [5.41, 5.74) is 4.66. The Morgan fingerprint density at radius 1 is 0.921 bits per heavy atom. The second-order valence-corrected chi connectivity index (χ2v) is 9.20. The van der Waals surface area contributed by atoms with E-state index in [4.69, 9.17) is 25.6 Å². The van der Waals surface area contributed by atoms with Crippen molar-refractivity contribution in [2.24, 2.45) is 0 Å². The van der Waals surface area contributed by atoms with E-state index in [0.717, 1.165) is 22.3 Å². The Labute approximate surface area is 226 Å². The Bertz CT molecular complexity index is 1400. The molecule has 0 N–H and O–H groups in total. The number of halogens is 1. The van der Waals surface area contributed by atoms with Gasteiger partial charge in [-0.3, -0.25) is 9.59 Å². The molecule has 1 heterocycles. The van der Waals surface area contributed by atoms with E-state index in [-0.39, 0.29) is 18.8 Å². The summed E-state index contributed by atoms with van der Waals surface area (Å²) in [6.07, 6.45) is -0.237. The van der Waals surface area contributed by atoms with Crippen molar-refractivity contribution in [3.05, 3.63) is 106 Å². The third-order valence-corrected chi connectivity index (χ3v) is 6.42. The minimum Gasteiger partial charge on any atom is -0.489 e. The van der Waals surface area contributed by atoms with E-state index in [1.807, 2.05) is 66.7 Å². The molecular formula is C30H28ClNO6. The summed E-state index contributed by atoms with van der Waals surface area (Å²) >= 11 is 6.23. The quantitative estimate of drug-likeness (QED) is 0.217. The number of hydrogen-bond donors (Lipinski definition) is 0. The van der Waals surface area contributed by atoms with Crippen LogP contribution in [0.25, 0.3) is 11.3 Å². The molecule has 4 aromatic rings. The number of nitrogens with zero attached hydrogens (tertiary/aromatic N) is 1. The van der Waals surface area contributed by atoms with Gasteiger partial charge in [-0.05, 0) is 43.2 Å². The number of methoxy groups -OCH3 is 1. The molecule has 1 atom stereocenters. The Morgan fingerprint density at radius 2 is 1.61 bits per heavy atom. The lowest BCUT2D eigenvalue weighted by atomic mass is 10.0. The van der Waals surface area contributed by atoms with E-state index < -0.39 is 12.1 Å². The second kappa shape index (κ2) is 12.4. The van der Waals surface area contributed by atoms with Crippen molar-refractivity contribution < 1.29 is 28.3 Å². The second-order valence-electron chi connectivity index (χ2n) is 8.79. The Hall–Kier alpha value is -4.10. The van der Waals surface area contributed by atoms with Gasteiger partial charge in [0.15, 0.2) is 5.76 Å². The summed E-state index contributed by atoms with van der Waals surface area (Å²) < 4.78 is 21.7. The predicted octanol–water partition coefficient (Wildman–Crippen LogP) is 6.44. The SMILES string of the molecule is COC(=O)Cc1ccc(OCc2ccc(-c3onc(C)c3CC(=O)O[C@H](C)c3ccccc3Cl)cc2)cc1. The van der Waals surface area contributed by atoms with Crippen LogP contribution >= 0.6 is 11.6 Å². The monoisotopic (exact) mass is 533 g/mol. The highest BCUT2D eigenvalue weighted by atomic mass is 35.5. The molecule has 8 heteroatoms. The number of esters is 2. The molecule has 0 unspecified atom stereocenters. The largest absolute Gasteiger partial charge is 0.489 e. The van der Waals surface area contributed by atoms with Gasteiger partial charge in [0.25, 0.3) is 0 Å². The zero-order valence-electron chi connectivity index (χ0n) is 21.4. The zero-order chi connectivity index (χ0) is 27.1. The van der Waals surface area contributed by atoms with Crippen LogP contribution in [-0.4, -0.2) is 24.2 Å². The first kappa shape index (κ1) is 26.9. The minimum atomic E-state index is -0.483. The topological polar surface area (TPSA) is 87.9 Å². The van der Waals surface area contributed by atoms with Crippen LogP contribution < -0.4 is 4.74 Å². The van der Waals surface area contributed by atoms with Gasteiger partial charge < -0.3 is 18.7 Å². The van der Waals surface area contributed by atoms with Gasteiger partial charge in [-0.15, -0.1) is 0 Å². The highest BCUT2D eigenvalue weighted by Gasteiger charge is 2.21. The van der Waals surface area contributed by atoms with Gasteiger partial charge in [0.05, 0.1) is 25.6 Å². The lowest BCUT2D eigenvalue weighted by molar-refractivity contribution is -0.147. The average molecular weight is 534 g/mol. The average Bonchev–Trinajstić information content (AvgIpc) is 3.28. The van der Waals surface area contributed by atoms with Crippen LogP contribution in [0.3, 0.4) is 0 Å². The van der Waals surface area contributed by atoms with Gasteiger partial charge in [0, 0.05) is 21.7 Å². The maximum atomic E-state index is 12.7. The fourth-order valence-electron chi connectivity index (χ4n) is 3.94. The molecule has 3 aromatic carbocycles. The molecule has 196 valence electrons. The number of carbonyl (C=O) groups is 2. The van der Waals surface area contributed by atoms with Crippen molar-refractivity contribution in [2.75, 3.05) is 7.11 Å². The molecule has 38 heavy (non-hydrogen) atoms. The number of aromatic nitrogens is 1. The van der Waals surface area contributed by atoms with E-state index >= 15 is 0 Å². The molecule has 0 spiro atoms. The maximum Gasteiger partial charge on any atom is 0.311 e. The van der Waals surface area contributed by atoms with Gasteiger partial charge in [-0.25, -0.2) is 0 Å². The molecule has 0 saturated heterocycles. The molecule has 0 amide bonds. The van der Waals surface area contributed by atoms with Crippen molar-refractivity contribution in [1.29, 1.82) is 0 Å². The van der Waals surface area contributed by atoms with Crippen molar-refractivity contribution in [2.45, 2.75) is 39.4 Å². The van der Waals surface area contributed by atoms with Crippen LogP contribution in [0, 0.1) is 6.92 Å². The normalized spacial score (nSPS) is 11.6. The van der Waals surface area contributed by atoms with E-state index in [1.165, 1.54) is 7.11 Å². The summed E-state index contributed by atoms with van der Waals surface area (Å²) in [5, 5.41) is 4.62. The molecule has 0 saturated carbocycles. The van der Waals surface area contributed by atoms with Gasteiger partial charge in [0.1, 0.15) is 18.5 Å². The van der Waals surface area contributed by atoms with E-state index in [9.17, 15) is 9.59 Å². The number of ether oxygens (including phenoxy) is 3. The standard InChI is InChI=1S/C30H28ClNO6/c1-19-26(17-29(34)37-20(2)25-6-4-5-7-27(25)31)30(38-32-19)23-12-8-22(9-13-23)18-36-24-14-10-21(11-15-24)16-28(33)35-3/h4-15,20H,16-18H2,1-3H3/t20-/m1/s1. The van der Waals surface area contributed by atoms with Crippen molar-refractivity contribution in [3.8, 4) is 17.1 Å². The first-order chi connectivity index (χ1) is 18.3. The third-order valence-electron chi connectivity index (χ3n) is 6.08. The third kappa shape index (κ3) is 6.81.